The summed E-state index contributed by atoms with van der Waals surface area (Å²) >= 11 is 0. The molecule has 0 radical (unpaired) electrons. The zero-order valence-corrected chi connectivity index (χ0v) is 12.9. The molecular weight excluding hydrogens is 244 g/mol. The Morgan fingerprint density at radius 3 is 2.30 bits per heavy atom. The number of pyridine rings is 1. The van der Waals surface area contributed by atoms with Crippen molar-refractivity contribution in [1.29, 1.82) is 0 Å². The minimum Gasteiger partial charge on any atom is -0.316 e. The summed E-state index contributed by atoms with van der Waals surface area (Å²) < 4.78 is 0. The van der Waals surface area contributed by atoms with Gasteiger partial charge in [-0.15, -0.1) is 0 Å². The smallest absolute Gasteiger partial charge is 0.0419 e. The summed E-state index contributed by atoms with van der Waals surface area (Å²) in [6.07, 6.45) is 3.87. The summed E-state index contributed by atoms with van der Waals surface area (Å²) in [5, 5.41) is 3.43. The Kier molecular flexibility index (Phi) is 4.91. The molecule has 0 saturated carbocycles. The van der Waals surface area contributed by atoms with Gasteiger partial charge in [0.15, 0.2) is 0 Å². The largest absolute Gasteiger partial charge is 0.316 e. The second-order valence-electron chi connectivity index (χ2n) is 5.59. The summed E-state index contributed by atoms with van der Waals surface area (Å²) in [4.78, 5) is 4.43. The first-order valence-electron chi connectivity index (χ1n) is 7.24. The Balaban J connectivity index is 2.15. The first-order valence-corrected chi connectivity index (χ1v) is 7.24. The van der Waals surface area contributed by atoms with E-state index in [2.05, 4.69) is 55.3 Å². The van der Waals surface area contributed by atoms with E-state index in [1.165, 1.54) is 22.3 Å². The molecule has 0 saturated heterocycles. The maximum absolute atomic E-state index is 4.43. The van der Waals surface area contributed by atoms with Crippen molar-refractivity contribution in [3.05, 3.63) is 64.5 Å². The van der Waals surface area contributed by atoms with Crippen LogP contribution >= 0.6 is 0 Å². The van der Waals surface area contributed by atoms with E-state index < -0.39 is 0 Å². The summed E-state index contributed by atoms with van der Waals surface area (Å²) in [5.74, 6) is 0. The van der Waals surface area contributed by atoms with Gasteiger partial charge >= 0.3 is 0 Å². The van der Waals surface area contributed by atoms with Crippen molar-refractivity contribution >= 4 is 0 Å². The number of nitrogens with one attached hydrogen (secondary N) is 1. The standard InChI is InChI=1S/C18H24N2/c1-13-9-14(2)18(15(3)10-13)12-17(19-4)11-16-7-5-6-8-20-16/h5-10,17,19H,11-12H2,1-4H3. The molecule has 1 heterocycles. The van der Waals surface area contributed by atoms with Gasteiger partial charge in [0.05, 0.1) is 0 Å². The fourth-order valence-corrected chi connectivity index (χ4v) is 2.83. The molecule has 1 unspecified atom stereocenters. The average Bonchev–Trinajstić information content (AvgIpc) is 2.42. The predicted octanol–water partition coefficient (Wildman–Crippen LogP) is 3.38. The van der Waals surface area contributed by atoms with Gasteiger partial charge in [-0.1, -0.05) is 23.8 Å². The Morgan fingerprint density at radius 1 is 1.05 bits per heavy atom. The lowest BCUT2D eigenvalue weighted by Gasteiger charge is -2.19. The highest BCUT2D eigenvalue weighted by Crippen LogP contribution is 2.19. The van der Waals surface area contributed by atoms with Crippen LogP contribution in [-0.2, 0) is 12.8 Å². The first kappa shape index (κ1) is 14.7. The highest BCUT2D eigenvalue weighted by Gasteiger charge is 2.12. The lowest BCUT2D eigenvalue weighted by Crippen LogP contribution is -2.30. The quantitative estimate of drug-likeness (QED) is 0.899. The third kappa shape index (κ3) is 3.67. The monoisotopic (exact) mass is 268 g/mol. The van der Waals surface area contributed by atoms with E-state index in [4.69, 9.17) is 0 Å². The molecule has 0 aliphatic rings. The van der Waals surface area contributed by atoms with Gasteiger partial charge in [0, 0.05) is 24.4 Å². The molecular formula is C18H24N2. The summed E-state index contributed by atoms with van der Waals surface area (Å²) in [7, 11) is 2.03. The van der Waals surface area contributed by atoms with Gasteiger partial charge in [0.25, 0.3) is 0 Å². The molecule has 0 fully saturated rings. The molecule has 0 spiro atoms. The fraction of sp³-hybridized carbons (Fsp3) is 0.389. The van der Waals surface area contributed by atoms with Crippen molar-refractivity contribution in [3.63, 3.8) is 0 Å². The fourth-order valence-electron chi connectivity index (χ4n) is 2.83. The maximum atomic E-state index is 4.43. The SMILES string of the molecule is CNC(Cc1ccccn1)Cc1c(C)cc(C)cc1C. The van der Waals surface area contributed by atoms with Crippen molar-refractivity contribution in [3.8, 4) is 0 Å². The molecule has 1 atom stereocenters. The number of benzene rings is 1. The number of rotatable bonds is 5. The number of aryl methyl sites for hydroxylation is 3. The zero-order chi connectivity index (χ0) is 14.5. The van der Waals surface area contributed by atoms with E-state index in [1.807, 2.05) is 19.3 Å². The molecule has 2 aromatic rings. The number of hydrogen-bond donors (Lipinski definition) is 1. The molecule has 20 heavy (non-hydrogen) atoms. The van der Waals surface area contributed by atoms with E-state index in [1.54, 1.807) is 0 Å². The van der Waals surface area contributed by atoms with Gasteiger partial charge < -0.3 is 5.32 Å². The molecule has 1 N–H and O–H groups in total. The van der Waals surface area contributed by atoms with Gasteiger partial charge in [-0.25, -0.2) is 0 Å². The van der Waals surface area contributed by atoms with E-state index in [0.717, 1.165) is 18.5 Å². The van der Waals surface area contributed by atoms with Crippen LogP contribution < -0.4 is 5.32 Å². The molecule has 2 nitrogen and oxygen atoms in total. The third-order valence-corrected chi connectivity index (χ3v) is 3.88. The van der Waals surface area contributed by atoms with Gasteiger partial charge in [-0.3, -0.25) is 4.98 Å². The topological polar surface area (TPSA) is 24.9 Å². The molecule has 1 aromatic carbocycles. The molecule has 2 heteroatoms. The normalized spacial score (nSPS) is 12.4. The molecule has 2 rings (SSSR count). The van der Waals surface area contributed by atoms with Crippen LogP contribution in [0.15, 0.2) is 36.5 Å². The Labute approximate surface area is 122 Å². The van der Waals surface area contributed by atoms with Crippen LogP contribution in [0.5, 0.6) is 0 Å². The Bertz CT molecular complexity index is 538. The number of aromatic nitrogens is 1. The molecule has 0 amide bonds. The van der Waals surface area contributed by atoms with Crippen molar-refractivity contribution in [1.82, 2.24) is 10.3 Å². The second kappa shape index (κ2) is 6.67. The minimum atomic E-state index is 0.421. The average molecular weight is 268 g/mol. The van der Waals surface area contributed by atoms with Crippen LogP contribution in [0, 0.1) is 20.8 Å². The Hall–Kier alpha value is -1.67. The van der Waals surface area contributed by atoms with Crippen LogP contribution in [0.1, 0.15) is 27.9 Å². The number of hydrogen-bond acceptors (Lipinski definition) is 2. The van der Waals surface area contributed by atoms with Crippen molar-refractivity contribution in [2.24, 2.45) is 0 Å². The number of likely N-dealkylation sites (N-methyl/N-ethyl adjacent to an activating group) is 1. The van der Waals surface area contributed by atoms with Crippen molar-refractivity contribution in [2.75, 3.05) is 7.05 Å². The van der Waals surface area contributed by atoms with E-state index in [0.29, 0.717) is 6.04 Å². The first-order chi connectivity index (χ1) is 9.60. The highest BCUT2D eigenvalue weighted by atomic mass is 14.9. The molecule has 106 valence electrons. The van der Waals surface area contributed by atoms with Crippen LogP contribution in [0.2, 0.25) is 0 Å². The molecule has 0 aliphatic carbocycles. The van der Waals surface area contributed by atoms with Crippen LogP contribution in [0.4, 0.5) is 0 Å². The lowest BCUT2D eigenvalue weighted by atomic mass is 9.93. The predicted molar refractivity (Wildman–Crippen MR) is 85.1 cm³/mol. The molecule has 0 aliphatic heterocycles. The molecule has 1 aromatic heterocycles. The number of nitrogens with zero attached hydrogens (tertiary/aromatic N) is 1. The second-order valence-corrected chi connectivity index (χ2v) is 5.59. The summed E-state index contributed by atoms with van der Waals surface area (Å²) in [6, 6.07) is 11.1. The highest BCUT2D eigenvalue weighted by molar-refractivity contribution is 5.38. The maximum Gasteiger partial charge on any atom is 0.0419 e. The summed E-state index contributed by atoms with van der Waals surface area (Å²) in [6.45, 7) is 6.58. The van der Waals surface area contributed by atoms with E-state index in [-0.39, 0.29) is 0 Å². The van der Waals surface area contributed by atoms with E-state index in [9.17, 15) is 0 Å². The van der Waals surface area contributed by atoms with Crippen LogP contribution in [-0.4, -0.2) is 18.1 Å². The minimum absolute atomic E-state index is 0.421. The van der Waals surface area contributed by atoms with Gasteiger partial charge in [-0.05, 0) is 63.1 Å². The van der Waals surface area contributed by atoms with Gasteiger partial charge in [0.2, 0.25) is 0 Å². The third-order valence-electron chi connectivity index (χ3n) is 3.88. The van der Waals surface area contributed by atoms with Crippen LogP contribution in [0.3, 0.4) is 0 Å². The molecule has 0 bridgehead atoms. The van der Waals surface area contributed by atoms with Crippen LogP contribution in [0.25, 0.3) is 0 Å². The Morgan fingerprint density at radius 2 is 1.75 bits per heavy atom. The van der Waals surface area contributed by atoms with Gasteiger partial charge in [-0.2, -0.15) is 0 Å². The van der Waals surface area contributed by atoms with Gasteiger partial charge in [0.1, 0.15) is 0 Å². The zero-order valence-electron chi connectivity index (χ0n) is 12.9. The van der Waals surface area contributed by atoms with Crippen molar-refractivity contribution in [2.45, 2.75) is 39.7 Å². The summed E-state index contributed by atoms with van der Waals surface area (Å²) in [5.41, 5.74) is 6.74. The lowest BCUT2D eigenvalue weighted by molar-refractivity contribution is 0.548. The van der Waals surface area contributed by atoms with E-state index >= 15 is 0 Å². The van der Waals surface area contributed by atoms with Crippen molar-refractivity contribution < 1.29 is 0 Å².